The lowest BCUT2D eigenvalue weighted by atomic mass is 10.2. The Bertz CT molecular complexity index is 452. The summed E-state index contributed by atoms with van der Waals surface area (Å²) < 4.78 is 12.9. The molecule has 19 heavy (non-hydrogen) atoms. The monoisotopic (exact) mass is 340 g/mol. The first-order valence-corrected chi connectivity index (χ1v) is 23.4. The highest BCUT2D eigenvalue weighted by atomic mass is 29.7. The molecule has 1 aliphatic rings. The third-order valence-electron chi connectivity index (χ3n) is 3.38. The van der Waals surface area contributed by atoms with Gasteiger partial charge in [-0.05, 0) is 30.4 Å². The van der Waals surface area contributed by atoms with Crippen molar-refractivity contribution >= 4 is 53.8 Å². The molecule has 2 nitrogen and oxygen atoms in total. The first-order chi connectivity index (χ1) is 8.97. The van der Waals surface area contributed by atoms with Crippen LogP contribution in [0.25, 0.3) is 6.08 Å². The fourth-order valence-corrected chi connectivity index (χ4v) is 59.5. The van der Waals surface area contributed by atoms with E-state index in [4.69, 9.17) is 8.54 Å². The van der Waals surface area contributed by atoms with Gasteiger partial charge >= 0.3 is 0 Å². The van der Waals surface area contributed by atoms with Crippen LogP contribution in [-0.2, 0) is 8.54 Å². The molecule has 0 amide bonds. The van der Waals surface area contributed by atoms with Crippen LogP contribution in [0.3, 0.4) is 0 Å². The summed E-state index contributed by atoms with van der Waals surface area (Å²) in [6, 6.07) is 8.74. The fraction of sp³-hybridized carbons (Fsp3) is 0.333. The normalized spacial score (nSPS) is 27.9. The Hall–Kier alpha value is -0.0356. The highest BCUT2D eigenvalue weighted by Gasteiger charge is 2.43. The summed E-state index contributed by atoms with van der Waals surface area (Å²) in [6.45, 7) is 10.9. The van der Waals surface area contributed by atoms with Crippen molar-refractivity contribution in [2.24, 2.45) is 0 Å². The Labute approximate surface area is 124 Å². The summed E-state index contributed by atoms with van der Waals surface area (Å²) in [5.41, 5.74) is 1.29. The number of hydrogen-bond acceptors (Lipinski definition) is 2. The van der Waals surface area contributed by atoms with E-state index in [2.05, 4.69) is 50.5 Å². The van der Waals surface area contributed by atoms with E-state index in [1.54, 1.807) is 0 Å². The van der Waals surface area contributed by atoms with Crippen LogP contribution in [0.1, 0.15) is 5.56 Å². The topological polar surface area (TPSA) is 18.5 Å². The van der Waals surface area contributed by atoms with Gasteiger partial charge in [-0.25, -0.2) is 0 Å². The smallest absolute Gasteiger partial charge is 0.211 e. The van der Waals surface area contributed by atoms with E-state index in [1.807, 2.05) is 6.08 Å². The number of rotatable bonds is 4. The quantitative estimate of drug-likeness (QED) is 0.698. The maximum atomic E-state index is 6.82. The van der Waals surface area contributed by atoms with E-state index in [-0.39, 0.29) is 26.4 Å². The Morgan fingerprint density at radius 2 is 2.11 bits per heavy atom. The highest BCUT2D eigenvalue weighted by Crippen LogP contribution is 2.18. The number of benzene rings is 1. The van der Waals surface area contributed by atoms with Gasteiger partial charge in [0.1, 0.15) is 9.28 Å². The minimum atomic E-state index is -1.76. The van der Waals surface area contributed by atoms with E-state index >= 15 is 0 Å². The van der Waals surface area contributed by atoms with Crippen molar-refractivity contribution in [1.29, 1.82) is 0 Å². The van der Waals surface area contributed by atoms with Crippen molar-refractivity contribution in [1.82, 2.24) is 0 Å². The fourth-order valence-electron chi connectivity index (χ4n) is 2.79. The second-order valence-corrected chi connectivity index (χ2v) is 35.2. The average molecular weight is 341 g/mol. The molecule has 0 aliphatic carbocycles. The lowest BCUT2D eigenvalue weighted by Gasteiger charge is -2.40. The first kappa shape index (κ1) is 15.4. The molecule has 0 bridgehead atoms. The Kier molecular flexibility index (Phi) is 4.98. The standard InChI is InChI=1S/C12H24O2Si5/c1-5-11-8-6-7-9-12(11)19(14-18(2,3)4)10-13-15-16-17-19/h5-9H,1,10,15-17H2,2-4H3. The van der Waals surface area contributed by atoms with E-state index in [1.165, 1.54) is 10.8 Å². The molecule has 1 fully saturated rings. The summed E-state index contributed by atoms with van der Waals surface area (Å²) in [6.07, 6.45) is 2.95. The molecule has 0 radical (unpaired) electrons. The van der Waals surface area contributed by atoms with Gasteiger partial charge in [-0.2, -0.15) is 0 Å². The maximum Gasteiger partial charge on any atom is 0.211 e. The van der Waals surface area contributed by atoms with Crippen molar-refractivity contribution in [3.8, 4) is 0 Å². The molecule has 1 unspecified atom stereocenters. The average Bonchev–Trinajstić information content (AvgIpc) is 2.38. The molecular weight excluding hydrogens is 317 g/mol. The number of hydrogen-bond donors (Lipinski definition) is 0. The van der Waals surface area contributed by atoms with Crippen molar-refractivity contribution in [3.05, 3.63) is 36.4 Å². The Morgan fingerprint density at radius 1 is 1.37 bits per heavy atom. The molecule has 104 valence electrons. The molecule has 1 saturated heterocycles. The van der Waals surface area contributed by atoms with Crippen LogP contribution >= 0.6 is 0 Å². The van der Waals surface area contributed by atoms with E-state index < -0.39 is 16.2 Å². The van der Waals surface area contributed by atoms with Crippen LogP contribution in [0.2, 0.25) is 19.6 Å². The van der Waals surface area contributed by atoms with Gasteiger partial charge in [0.25, 0.3) is 0 Å². The van der Waals surface area contributed by atoms with Gasteiger partial charge in [-0.1, -0.05) is 36.9 Å². The van der Waals surface area contributed by atoms with Gasteiger partial charge in [0.15, 0.2) is 8.32 Å². The van der Waals surface area contributed by atoms with Gasteiger partial charge in [0, 0.05) is 17.1 Å². The predicted molar refractivity (Wildman–Crippen MR) is 97.9 cm³/mol. The largest absolute Gasteiger partial charge is 0.454 e. The van der Waals surface area contributed by atoms with Crippen LogP contribution in [0.4, 0.5) is 0 Å². The molecule has 1 atom stereocenters. The summed E-state index contributed by atoms with van der Waals surface area (Å²) in [7, 11) is -3.23. The van der Waals surface area contributed by atoms with Gasteiger partial charge in [-0.15, -0.1) is 0 Å². The van der Waals surface area contributed by atoms with Gasteiger partial charge in [-0.3, -0.25) is 0 Å². The Morgan fingerprint density at radius 3 is 2.68 bits per heavy atom. The molecule has 1 aliphatic heterocycles. The van der Waals surface area contributed by atoms with Crippen molar-refractivity contribution < 1.29 is 8.54 Å². The summed E-state index contributed by atoms with van der Waals surface area (Å²) in [4.78, 5) is 0. The molecule has 0 aromatic heterocycles. The molecule has 1 aromatic carbocycles. The summed E-state index contributed by atoms with van der Waals surface area (Å²) in [5.74, 6) is 0. The minimum Gasteiger partial charge on any atom is -0.454 e. The zero-order valence-corrected chi connectivity index (χ0v) is 18.5. The third kappa shape index (κ3) is 3.75. The summed E-state index contributed by atoms with van der Waals surface area (Å²) in [5, 5.41) is 1.49. The molecule has 7 heteroatoms. The molecular formula is C12H24O2Si5. The molecule has 2 rings (SSSR count). The highest BCUT2D eigenvalue weighted by molar-refractivity contribution is 7.55. The van der Waals surface area contributed by atoms with Crippen LogP contribution in [0.15, 0.2) is 30.8 Å². The molecule has 0 spiro atoms. The van der Waals surface area contributed by atoms with Crippen molar-refractivity contribution in [2.75, 3.05) is 6.23 Å². The maximum absolute atomic E-state index is 6.82. The van der Waals surface area contributed by atoms with E-state index in [0.29, 0.717) is 0 Å². The lowest BCUT2D eigenvalue weighted by molar-refractivity contribution is 0.387. The summed E-state index contributed by atoms with van der Waals surface area (Å²) >= 11 is 0. The zero-order valence-electron chi connectivity index (χ0n) is 12.2. The molecule has 1 aromatic rings. The van der Waals surface area contributed by atoms with Gasteiger partial charge in [0.05, 0.1) is 6.23 Å². The third-order valence-corrected chi connectivity index (χ3v) is 42.7. The molecule has 0 N–H and O–H groups in total. The predicted octanol–water partition coefficient (Wildman–Crippen LogP) is -0.349. The second kappa shape index (κ2) is 6.16. The van der Waals surface area contributed by atoms with Crippen molar-refractivity contribution in [3.63, 3.8) is 0 Å². The molecule has 1 heterocycles. The van der Waals surface area contributed by atoms with Crippen LogP contribution in [0.5, 0.6) is 0 Å². The van der Waals surface area contributed by atoms with Gasteiger partial charge < -0.3 is 8.54 Å². The van der Waals surface area contributed by atoms with Crippen molar-refractivity contribution in [2.45, 2.75) is 19.6 Å². The molecule has 0 saturated carbocycles. The Balaban J connectivity index is 2.44. The van der Waals surface area contributed by atoms with Gasteiger partial charge in [0.2, 0.25) is 7.83 Å². The SMILES string of the molecule is C=Cc1ccccc1[Si]1(O[Si](C)(C)C)CO[SiH2][SiH2][SiH2]1. The first-order valence-electron chi connectivity index (χ1n) is 6.97. The van der Waals surface area contributed by atoms with Crippen LogP contribution in [0, 0.1) is 0 Å². The lowest BCUT2D eigenvalue weighted by Crippen LogP contribution is -2.69. The van der Waals surface area contributed by atoms with E-state index in [0.717, 1.165) is 6.23 Å². The second-order valence-electron chi connectivity index (χ2n) is 6.16. The van der Waals surface area contributed by atoms with Crippen LogP contribution in [-0.4, -0.2) is 48.8 Å². The van der Waals surface area contributed by atoms with Crippen LogP contribution < -0.4 is 5.19 Å². The zero-order chi connectivity index (χ0) is 13.9. The minimum absolute atomic E-state index is 0.0139. The van der Waals surface area contributed by atoms with E-state index in [9.17, 15) is 0 Å².